The molecular weight excluding hydrogens is 258 g/mol. The molecule has 0 fully saturated rings. The van der Waals surface area contributed by atoms with Crippen molar-refractivity contribution in [3.05, 3.63) is 39.5 Å². The molecule has 0 atom stereocenters. The average molecular weight is 275 g/mol. The maximum Gasteiger partial charge on any atom is 0.358 e. The number of nitrogens with zero attached hydrogens (tertiary/aromatic N) is 1. The summed E-state index contributed by atoms with van der Waals surface area (Å²) in [6.45, 7) is 8.12. The van der Waals surface area contributed by atoms with E-state index in [1.54, 1.807) is 0 Å². The molecule has 2 rings (SSSR count). The van der Waals surface area contributed by atoms with Crippen LogP contribution in [0.5, 0.6) is 0 Å². The fourth-order valence-electron chi connectivity index (χ4n) is 2.05. The van der Waals surface area contributed by atoms with Crippen LogP contribution < -0.4 is 0 Å². The van der Waals surface area contributed by atoms with Crippen molar-refractivity contribution in [2.24, 2.45) is 0 Å². The Balaban J connectivity index is 2.65. The highest BCUT2D eigenvalue weighted by atomic mass is 32.1. The summed E-state index contributed by atoms with van der Waals surface area (Å²) in [7, 11) is 1.38. The van der Waals surface area contributed by atoms with Gasteiger partial charge in [-0.1, -0.05) is 12.1 Å². The Hall–Kier alpha value is -1.68. The fourth-order valence-corrected chi connectivity index (χ4v) is 3.04. The largest absolute Gasteiger partial charge is 0.464 e. The maximum atomic E-state index is 11.8. The SMILES string of the molecule is COC(=O)c1nc(C)sc1-c1cc(C)c(C)cc1C. The topological polar surface area (TPSA) is 39.2 Å². The van der Waals surface area contributed by atoms with Gasteiger partial charge in [0.1, 0.15) is 0 Å². The van der Waals surface area contributed by atoms with Gasteiger partial charge >= 0.3 is 5.97 Å². The second-order valence-corrected chi connectivity index (χ2v) is 5.86. The van der Waals surface area contributed by atoms with E-state index in [1.807, 2.05) is 6.92 Å². The zero-order valence-electron chi connectivity index (χ0n) is 11.8. The first-order valence-electron chi connectivity index (χ1n) is 6.08. The Morgan fingerprint density at radius 1 is 1.11 bits per heavy atom. The van der Waals surface area contributed by atoms with Gasteiger partial charge in [-0.25, -0.2) is 9.78 Å². The minimum Gasteiger partial charge on any atom is -0.464 e. The molecule has 100 valence electrons. The van der Waals surface area contributed by atoms with Crippen LogP contribution in [-0.4, -0.2) is 18.1 Å². The van der Waals surface area contributed by atoms with Gasteiger partial charge in [0, 0.05) is 0 Å². The Kier molecular flexibility index (Phi) is 3.71. The number of carbonyl (C=O) groups is 1. The molecule has 1 heterocycles. The van der Waals surface area contributed by atoms with Gasteiger partial charge in [-0.3, -0.25) is 0 Å². The van der Waals surface area contributed by atoms with Crippen LogP contribution in [0.4, 0.5) is 0 Å². The standard InChI is InChI=1S/C15H17NO2S/c1-8-6-10(3)12(7-9(8)2)14-13(15(17)18-5)16-11(4)19-14/h6-7H,1-5H3. The van der Waals surface area contributed by atoms with Crippen molar-refractivity contribution in [1.82, 2.24) is 4.98 Å². The summed E-state index contributed by atoms with van der Waals surface area (Å²) in [4.78, 5) is 17.0. The van der Waals surface area contributed by atoms with Gasteiger partial charge in [-0.05, 0) is 49.9 Å². The van der Waals surface area contributed by atoms with E-state index < -0.39 is 0 Å². The van der Waals surface area contributed by atoms with Crippen LogP contribution in [0.2, 0.25) is 0 Å². The van der Waals surface area contributed by atoms with Crippen LogP contribution in [-0.2, 0) is 4.74 Å². The van der Waals surface area contributed by atoms with Gasteiger partial charge in [-0.15, -0.1) is 11.3 Å². The molecule has 0 aliphatic rings. The Labute approximate surface area is 117 Å². The molecule has 0 bridgehead atoms. The third kappa shape index (κ3) is 2.54. The van der Waals surface area contributed by atoms with Crippen LogP contribution in [0.15, 0.2) is 12.1 Å². The van der Waals surface area contributed by atoms with E-state index in [4.69, 9.17) is 4.74 Å². The molecule has 0 saturated heterocycles. The van der Waals surface area contributed by atoms with Crippen molar-refractivity contribution in [3.63, 3.8) is 0 Å². The van der Waals surface area contributed by atoms with E-state index in [0.29, 0.717) is 5.69 Å². The molecule has 0 amide bonds. The first kappa shape index (κ1) is 13.7. The molecule has 3 nitrogen and oxygen atoms in total. The molecule has 1 aromatic carbocycles. The van der Waals surface area contributed by atoms with Crippen LogP contribution in [0, 0.1) is 27.7 Å². The second-order valence-electron chi connectivity index (χ2n) is 4.65. The smallest absolute Gasteiger partial charge is 0.358 e. The van der Waals surface area contributed by atoms with Crippen LogP contribution in [0.25, 0.3) is 10.4 Å². The average Bonchev–Trinajstić information content (AvgIpc) is 2.74. The molecule has 2 aromatic rings. The van der Waals surface area contributed by atoms with Crippen LogP contribution >= 0.6 is 11.3 Å². The summed E-state index contributed by atoms with van der Waals surface area (Å²) in [5.74, 6) is -0.378. The lowest BCUT2D eigenvalue weighted by atomic mass is 9.99. The minimum absolute atomic E-state index is 0.378. The highest BCUT2D eigenvalue weighted by Crippen LogP contribution is 2.34. The number of benzene rings is 1. The molecular formula is C15H17NO2S. The normalized spacial score (nSPS) is 10.6. The lowest BCUT2D eigenvalue weighted by Crippen LogP contribution is -2.04. The molecule has 0 unspecified atom stereocenters. The molecule has 1 aromatic heterocycles. The third-order valence-corrected chi connectivity index (χ3v) is 4.20. The summed E-state index contributed by atoms with van der Waals surface area (Å²) in [5.41, 5.74) is 5.09. The zero-order chi connectivity index (χ0) is 14.2. The molecule has 0 saturated carbocycles. The maximum absolute atomic E-state index is 11.8. The van der Waals surface area contributed by atoms with E-state index in [1.165, 1.54) is 29.6 Å². The van der Waals surface area contributed by atoms with Gasteiger partial charge in [0.15, 0.2) is 5.69 Å². The van der Waals surface area contributed by atoms with Crippen LogP contribution in [0.1, 0.15) is 32.2 Å². The number of esters is 1. The first-order chi connectivity index (χ1) is 8.93. The molecule has 0 aliphatic carbocycles. The number of ether oxygens (including phenoxy) is 1. The molecule has 0 N–H and O–H groups in total. The summed E-state index contributed by atoms with van der Waals surface area (Å²) in [6, 6.07) is 4.25. The first-order valence-corrected chi connectivity index (χ1v) is 6.89. The van der Waals surface area contributed by atoms with Crippen molar-refractivity contribution in [2.75, 3.05) is 7.11 Å². The number of aryl methyl sites for hydroxylation is 4. The van der Waals surface area contributed by atoms with Crippen molar-refractivity contribution in [1.29, 1.82) is 0 Å². The predicted molar refractivity (Wildman–Crippen MR) is 77.8 cm³/mol. The van der Waals surface area contributed by atoms with E-state index >= 15 is 0 Å². The number of thiazole rings is 1. The van der Waals surface area contributed by atoms with Crippen molar-refractivity contribution >= 4 is 17.3 Å². The van der Waals surface area contributed by atoms with Gasteiger partial charge in [0.2, 0.25) is 0 Å². The van der Waals surface area contributed by atoms with E-state index in [-0.39, 0.29) is 5.97 Å². The Morgan fingerprint density at radius 2 is 1.74 bits per heavy atom. The zero-order valence-corrected chi connectivity index (χ0v) is 12.6. The lowest BCUT2D eigenvalue weighted by Gasteiger charge is -2.09. The quantitative estimate of drug-likeness (QED) is 0.782. The lowest BCUT2D eigenvalue weighted by molar-refractivity contribution is 0.0595. The van der Waals surface area contributed by atoms with Crippen molar-refractivity contribution in [3.8, 4) is 10.4 Å². The molecule has 19 heavy (non-hydrogen) atoms. The Bertz CT molecular complexity index is 644. The Morgan fingerprint density at radius 3 is 2.37 bits per heavy atom. The second kappa shape index (κ2) is 5.13. The van der Waals surface area contributed by atoms with E-state index in [9.17, 15) is 4.79 Å². The van der Waals surface area contributed by atoms with Crippen molar-refractivity contribution < 1.29 is 9.53 Å². The summed E-state index contributed by atoms with van der Waals surface area (Å²) >= 11 is 1.53. The van der Waals surface area contributed by atoms with Gasteiger partial charge in [0.25, 0.3) is 0 Å². The fraction of sp³-hybridized carbons (Fsp3) is 0.333. The number of carbonyl (C=O) groups excluding carboxylic acids is 1. The third-order valence-electron chi connectivity index (χ3n) is 3.20. The predicted octanol–water partition coefficient (Wildman–Crippen LogP) is 3.83. The molecule has 0 spiro atoms. The summed E-state index contributed by atoms with van der Waals surface area (Å²) in [6.07, 6.45) is 0. The number of hydrogen-bond acceptors (Lipinski definition) is 4. The minimum atomic E-state index is -0.378. The van der Waals surface area contributed by atoms with E-state index in [0.717, 1.165) is 21.0 Å². The number of methoxy groups -OCH3 is 1. The number of rotatable bonds is 2. The molecule has 0 aliphatic heterocycles. The van der Waals surface area contributed by atoms with E-state index in [2.05, 4.69) is 37.9 Å². The summed E-state index contributed by atoms with van der Waals surface area (Å²) < 4.78 is 4.81. The van der Waals surface area contributed by atoms with Gasteiger partial charge in [-0.2, -0.15) is 0 Å². The molecule has 4 heteroatoms. The van der Waals surface area contributed by atoms with Gasteiger partial charge in [0.05, 0.1) is 17.0 Å². The monoisotopic (exact) mass is 275 g/mol. The number of aromatic nitrogens is 1. The highest BCUT2D eigenvalue weighted by molar-refractivity contribution is 7.15. The van der Waals surface area contributed by atoms with Crippen LogP contribution in [0.3, 0.4) is 0 Å². The highest BCUT2D eigenvalue weighted by Gasteiger charge is 2.20. The van der Waals surface area contributed by atoms with Gasteiger partial charge < -0.3 is 4.74 Å². The molecule has 0 radical (unpaired) electrons. The van der Waals surface area contributed by atoms with Crippen molar-refractivity contribution in [2.45, 2.75) is 27.7 Å². The number of hydrogen-bond donors (Lipinski definition) is 0. The summed E-state index contributed by atoms with van der Waals surface area (Å²) in [5, 5.41) is 0.869.